The molecule has 0 atom stereocenters. The molecule has 114 valence electrons. The number of benzene rings is 2. The monoisotopic (exact) mass is 308 g/mol. The van der Waals surface area contributed by atoms with E-state index in [9.17, 15) is 20.4 Å². The second kappa shape index (κ2) is 6.50. The lowest BCUT2D eigenvalue weighted by molar-refractivity contribution is 0.0697. The smallest absolute Gasteiger partial charge is 0.335 e. The lowest BCUT2D eigenvalue weighted by Crippen LogP contribution is -2.01. The molecule has 0 aliphatic rings. The number of rotatable bonds is 4. The van der Waals surface area contributed by atoms with Gasteiger partial charge in [-0.2, -0.15) is 10.5 Å². The largest absolute Gasteiger partial charge is 0.503 e. The van der Waals surface area contributed by atoms with E-state index >= 15 is 0 Å². The molecule has 0 aromatic heterocycles. The molecule has 0 saturated carbocycles. The molecule has 0 amide bonds. The number of hydrogen-bond donors (Lipinski definition) is 2. The molecule has 0 fully saturated rings. The minimum absolute atomic E-state index is 0.0248. The Kier molecular flexibility index (Phi) is 4.49. The zero-order valence-corrected chi connectivity index (χ0v) is 12.2. The number of hydrogen-bond acceptors (Lipinski definition) is 5. The number of aromatic carboxylic acids is 1. The lowest BCUT2D eigenvalue weighted by Gasteiger charge is -2.12. The van der Waals surface area contributed by atoms with E-state index in [-0.39, 0.29) is 34.6 Å². The van der Waals surface area contributed by atoms with Crippen molar-refractivity contribution in [3.63, 3.8) is 0 Å². The van der Waals surface area contributed by atoms with E-state index < -0.39 is 5.97 Å². The molecule has 0 bridgehead atoms. The van der Waals surface area contributed by atoms with E-state index in [1.807, 2.05) is 12.1 Å². The Hall–Kier alpha value is -3.51. The zero-order valence-electron chi connectivity index (χ0n) is 12.2. The van der Waals surface area contributed by atoms with Crippen molar-refractivity contribution in [2.75, 3.05) is 7.11 Å². The quantitative estimate of drug-likeness (QED) is 0.896. The van der Waals surface area contributed by atoms with Crippen LogP contribution in [0.5, 0.6) is 11.5 Å². The molecular formula is C17H12N2O4. The molecular weight excluding hydrogens is 296 g/mol. The summed E-state index contributed by atoms with van der Waals surface area (Å²) in [6.45, 7) is 0. The van der Waals surface area contributed by atoms with Gasteiger partial charge in [0, 0.05) is 12.5 Å². The van der Waals surface area contributed by atoms with Crippen molar-refractivity contribution in [1.29, 1.82) is 10.5 Å². The van der Waals surface area contributed by atoms with Gasteiger partial charge in [-0.05, 0) is 23.3 Å². The van der Waals surface area contributed by atoms with Crippen LogP contribution in [0.2, 0.25) is 0 Å². The first-order valence-electron chi connectivity index (χ1n) is 6.57. The molecule has 0 radical (unpaired) electrons. The van der Waals surface area contributed by atoms with Crippen molar-refractivity contribution in [2.45, 2.75) is 6.42 Å². The topological polar surface area (TPSA) is 114 Å². The van der Waals surface area contributed by atoms with Crippen LogP contribution in [0, 0.1) is 22.7 Å². The highest BCUT2D eigenvalue weighted by Crippen LogP contribution is 2.35. The van der Waals surface area contributed by atoms with Crippen molar-refractivity contribution in [1.82, 2.24) is 0 Å². The van der Waals surface area contributed by atoms with Crippen molar-refractivity contribution in [3.8, 4) is 23.6 Å². The van der Waals surface area contributed by atoms with Crippen molar-refractivity contribution < 1.29 is 19.7 Å². The summed E-state index contributed by atoms with van der Waals surface area (Å²) in [6, 6.07) is 11.3. The third kappa shape index (κ3) is 3.07. The van der Waals surface area contributed by atoms with Crippen LogP contribution in [-0.2, 0) is 6.42 Å². The second-order valence-corrected chi connectivity index (χ2v) is 4.73. The number of carboxylic acid groups (broad SMARTS) is 1. The van der Waals surface area contributed by atoms with E-state index in [1.165, 1.54) is 25.3 Å². The Balaban J connectivity index is 2.51. The third-order valence-electron chi connectivity index (χ3n) is 3.41. The minimum Gasteiger partial charge on any atom is -0.503 e. The average Bonchev–Trinajstić information content (AvgIpc) is 2.56. The molecule has 2 aromatic rings. The third-order valence-corrected chi connectivity index (χ3v) is 3.41. The number of carbonyl (C=O) groups is 1. The highest BCUT2D eigenvalue weighted by molar-refractivity contribution is 5.87. The highest BCUT2D eigenvalue weighted by Gasteiger charge is 2.18. The molecule has 0 aliphatic heterocycles. The van der Waals surface area contributed by atoms with E-state index in [1.54, 1.807) is 12.1 Å². The summed E-state index contributed by atoms with van der Waals surface area (Å²) >= 11 is 0. The molecule has 0 aliphatic carbocycles. The Bertz CT molecular complexity index is 843. The number of phenolic OH excluding ortho intramolecular Hbond substituents is 1. The number of nitriles is 2. The maximum Gasteiger partial charge on any atom is 0.335 e. The summed E-state index contributed by atoms with van der Waals surface area (Å²) in [5, 5.41) is 37.5. The van der Waals surface area contributed by atoms with Crippen molar-refractivity contribution in [2.24, 2.45) is 0 Å². The van der Waals surface area contributed by atoms with Crippen LogP contribution >= 0.6 is 0 Å². The summed E-state index contributed by atoms with van der Waals surface area (Å²) in [5.74, 6) is -1.29. The first kappa shape index (κ1) is 15.9. The highest BCUT2D eigenvalue weighted by atomic mass is 16.5. The van der Waals surface area contributed by atoms with Crippen LogP contribution in [0.3, 0.4) is 0 Å². The number of phenols is 1. The molecule has 2 N–H and O–H groups in total. The number of carboxylic acids is 1. The molecule has 2 rings (SSSR count). The number of aromatic hydroxyl groups is 1. The van der Waals surface area contributed by atoms with Gasteiger partial charge in [-0.3, -0.25) is 0 Å². The van der Waals surface area contributed by atoms with Gasteiger partial charge >= 0.3 is 5.97 Å². The Morgan fingerprint density at radius 2 is 1.87 bits per heavy atom. The summed E-state index contributed by atoms with van der Waals surface area (Å²) < 4.78 is 4.96. The van der Waals surface area contributed by atoms with Crippen LogP contribution in [0.1, 0.15) is 32.6 Å². The second-order valence-electron chi connectivity index (χ2n) is 4.73. The first-order valence-corrected chi connectivity index (χ1v) is 6.57. The van der Waals surface area contributed by atoms with Gasteiger partial charge < -0.3 is 14.9 Å². The van der Waals surface area contributed by atoms with Crippen LogP contribution in [0.25, 0.3) is 0 Å². The van der Waals surface area contributed by atoms with E-state index in [0.717, 1.165) is 0 Å². The summed E-state index contributed by atoms with van der Waals surface area (Å²) in [5.41, 5.74) is 1.43. The van der Waals surface area contributed by atoms with Crippen LogP contribution in [-0.4, -0.2) is 23.3 Å². The molecule has 0 heterocycles. The summed E-state index contributed by atoms with van der Waals surface area (Å²) in [7, 11) is 1.33. The van der Waals surface area contributed by atoms with E-state index in [0.29, 0.717) is 11.1 Å². The fourth-order valence-corrected chi connectivity index (χ4v) is 2.22. The van der Waals surface area contributed by atoms with Gasteiger partial charge in [-0.15, -0.1) is 0 Å². The SMILES string of the molecule is COc1cc(C#N)c(Cc2ccc(C(=O)O)cc2)c(C#N)c1O. The van der Waals surface area contributed by atoms with Crippen LogP contribution in [0.15, 0.2) is 30.3 Å². The predicted octanol–water partition coefficient (Wildman–Crippen LogP) is 2.43. The van der Waals surface area contributed by atoms with Crippen molar-refractivity contribution >= 4 is 5.97 Å². The molecule has 6 nitrogen and oxygen atoms in total. The predicted molar refractivity (Wildman–Crippen MR) is 80.3 cm³/mol. The van der Waals surface area contributed by atoms with Gasteiger partial charge in [-0.25, -0.2) is 4.79 Å². The maximum absolute atomic E-state index is 10.9. The number of nitrogens with zero attached hydrogens (tertiary/aromatic N) is 2. The molecule has 2 aromatic carbocycles. The summed E-state index contributed by atoms with van der Waals surface area (Å²) in [4.78, 5) is 10.9. The normalized spacial score (nSPS) is 9.70. The molecule has 0 unspecified atom stereocenters. The molecule has 0 spiro atoms. The molecule has 6 heteroatoms. The average molecular weight is 308 g/mol. The maximum atomic E-state index is 10.9. The Labute approximate surface area is 132 Å². The standard InChI is InChI=1S/C17H12N2O4/c1-23-15-7-12(8-18)13(14(9-19)16(15)20)6-10-2-4-11(5-3-10)17(21)22/h2-5,7,20H,6H2,1H3,(H,21,22). The van der Waals surface area contributed by atoms with Crippen molar-refractivity contribution in [3.05, 3.63) is 58.1 Å². The van der Waals surface area contributed by atoms with Gasteiger partial charge in [0.05, 0.1) is 24.3 Å². The van der Waals surface area contributed by atoms with Gasteiger partial charge in [0.2, 0.25) is 0 Å². The first-order chi connectivity index (χ1) is 11.0. The van der Waals surface area contributed by atoms with E-state index in [2.05, 4.69) is 0 Å². The molecule has 0 saturated heterocycles. The fourth-order valence-electron chi connectivity index (χ4n) is 2.22. The summed E-state index contributed by atoms with van der Waals surface area (Å²) in [6.07, 6.45) is 0.212. The van der Waals surface area contributed by atoms with E-state index in [4.69, 9.17) is 9.84 Å². The molecule has 23 heavy (non-hydrogen) atoms. The van der Waals surface area contributed by atoms with Gasteiger partial charge in [0.25, 0.3) is 0 Å². The Morgan fingerprint density at radius 1 is 1.22 bits per heavy atom. The fraction of sp³-hybridized carbons (Fsp3) is 0.118. The zero-order chi connectivity index (χ0) is 17.0. The van der Waals surface area contributed by atoms with Gasteiger partial charge in [-0.1, -0.05) is 12.1 Å². The lowest BCUT2D eigenvalue weighted by atomic mass is 9.94. The van der Waals surface area contributed by atoms with Crippen LogP contribution in [0.4, 0.5) is 0 Å². The number of methoxy groups -OCH3 is 1. The Morgan fingerprint density at radius 3 is 2.35 bits per heavy atom. The number of ether oxygens (including phenoxy) is 1. The van der Waals surface area contributed by atoms with Gasteiger partial charge in [0.1, 0.15) is 11.6 Å². The minimum atomic E-state index is -1.03. The van der Waals surface area contributed by atoms with Crippen LogP contribution < -0.4 is 4.74 Å². The van der Waals surface area contributed by atoms with Gasteiger partial charge in [0.15, 0.2) is 11.5 Å².